The summed E-state index contributed by atoms with van der Waals surface area (Å²) in [5, 5.41) is 3.33. The Morgan fingerprint density at radius 2 is 2.09 bits per heavy atom. The predicted molar refractivity (Wildman–Crippen MR) is 86.3 cm³/mol. The quantitative estimate of drug-likeness (QED) is 0.880. The van der Waals surface area contributed by atoms with E-state index in [4.69, 9.17) is 4.74 Å². The largest absolute Gasteiger partial charge is 0.379 e. The molecule has 23 heavy (non-hydrogen) atoms. The Balaban J connectivity index is 1.57. The second-order valence-corrected chi connectivity index (χ2v) is 8.16. The molecule has 1 heterocycles. The molecule has 0 saturated carbocycles. The van der Waals surface area contributed by atoms with Crippen molar-refractivity contribution in [2.24, 2.45) is 0 Å². The van der Waals surface area contributed by atoms with Crippen LogP contribution in [0.4, 0.5) is 4.39 Å². The Morgan fingerprint density at radius 3 is 2.87 bits per heavy atom. The van der Waals surface area contributed by atoms with Crippen LogP contribution >= 0.6 is 0 Å². The molecule has 0 radical (unpaired) electrons. The van der Waals surface area contributed by atoms with Crippen molar-refractivity contribution in [2.45, 2.75) is 25.3 Å². The van der Waals surface area contributed by atoms with Crippen LogP contribution in [0.25, 0.3) is 0 Å². The number of benzene rings is 1. The van der Waals surface area contributed by atoms with Crippen LogP contribution < -0.4 is 5.32 Å². The third-order valence-corrected chi connectivity index (χ3v) is 6.41. The molecular weight excluding hydrogens is 319 g/mol. The van der Waals surface area contributed by atoms with Crippen LogP contribution in [0.1, 0.15) is 30.0 Å². The summed E-state index contributed by atoms with van der Waals surface area (Å²) in [6.07, 6.45) is 2.83. The molecule has 1 aliphatic carbocycles. The third kappa shape index (κ3) is 4.09. The maximum Gasteiger partial charge on any atom is 0.215 e. The van der Waals surface area contributed by atoms with E-state index in [0.29, 0.717) is 32.8 Å². The van der Waals surface area contributed by atoms with Gasteiger partial charge in [0.05, 0.1) is 19.0 Å². The van der Waals surface area contributed by atoms with Gasteiger partial charge in [-0.05, 0) is 42.5 Å². The fourth-order valence-electron chi connectivity index (χ4n) is 3.31. The molecule has 5 nitrogen and oxygen atoms in total. The molecule has 1 atom stereocenters. The van der Waals surface area contributed by atoms with E-state index in [1.165, 1.54) is 10.4 Å². The lowest BCUT2D eigenvalue weighted by Crippen LogP contribution is -2.43. The molecule has 0 spiro atoms. The number of hydrogen-bond donors (Lipinski definition) is 1. The molecule has 3 rings (SSSR count). The summed E-state index contributed by atoms with van der Waals surface area (Å²) in [4.78, 5) is 0. The SMILES string of the molecule is O=S(=O)(CCN[C@H]1CCCc2cc(F)ccc21)N1CCOCC1. The smallest absolute Gasteiger partial charge is 0.215 e. The minimum Gasteiger partial charge on any atom is -0.379 e. The van der Waals surface area contributed by atoms with Gasteiger partial charge >= 0.3 is 0 Å². The van der Waals surface area contributed by atoms with Crippen LogP contribution in [0, 0.1) is 5.82 Å². The van der Waals surface area contributed by atoms with Crippen molar-refractivity contribution in [3.05, 3.63) is 35.1 Å². The van der Waals surface area contributed by atoms with Crippen molar-refractivity contribution < 1.29 is 17.5 Å². The van der Waals surface area contributed by atoms with Gasteiger partial charge in [-0.3, -0.25) is 0 Å². The van der Waals surface area contributed by atoms with Crippen molar-refractivity contribution in [3.63, 3.8) is 0 Å². The number of aryl methyl sites for hydroxylation is 1. The minimum atomic E-state index is -3.24. The van der Waals surface area contributed by atoms with E-state index in [2.05, 4.69) is 5.32 Å². The number of ether oxygens (including phenoxy) is 1. The molecule has 0 amide bonds. The number of halogens is 1. The van der Waals surface area contributed by atoms with E-state index in [-0.39, 0.29) is 17.6 Å². The monoisotopic (exact) mass is 342 g/mol. The van der Waals surface area contributed by atoms with Gasteiger partial charge in [0.1, 0.15) is 5.82 Å². The number of rotatable bonds is 5. The first-order chi connectivity index (χ1) is 11.1. The molecular formula is C16H23FN2O3S. The number of nitrogens with one attached hydrogen (secondary N) is 1. The van der Waals surface area contributed by atoms with Crippen LogP contribution in [0.5, 0.6) is 0 Å². The third-order valence-electron chi connectivity index (χ3n) is 4.53. The second kappa shape index (κ2) is 7.25. The second-order valence-electron chi connectivity index (χ2n) is 6.07. The van der Waals surface area contributed by atoms with E-state index in [1.54, 1.807) is 6.07 Å². The first-order valence-electron chi connectivity index (χ1n) is 8.13. The average molecular weight is 342 g/mol. The summed E-state index contributed by atoms with van der Waals surface area (Å²) in [6.45, 7) is 2.21. The first-order valence-corrected chi connectivity index (χ1v) is 9.74. The molecule has 1 saturated heterocycles. The highest BCUT2D eigenvalue weighted by Gasteiger charge is 2.25. The zero-order valence-corrected chi connectivity index (χ0v) is 13.9. The van der Waals surface area contributed by atoms with E-state index < -0.39 is 10.0 Å². The van der Waals surface area contributed by atoms with Gasteiger partial charge in [-0.15, -0.1) is 0 Å². The van der Waals surface area contributed by atoms with E-state index in [1.807, 2.05) is 6.07 Å². The van der Waals surface area contributed by atoms with E-state index >= 15 is 0 Å². The predicted octanol–water partition coefficient (Wildman–Crippen LogP) is 1.45. The van der Waals surface area contributed by atoms with Gasteiger partial charge in [-0.25, -0.2) is 12.8 Å². The van der Waals surface area contributed by atoms with Gasteiger partial charge in [0, 0.05) is 25.7 Å². The summed E-state index contributed by atoms with van der Waals surface area (Å²) in [6, 6.07) is 4.99. The lowest BCUT2D eigenvalue weighted by atomic mass is 9.87. The van der Waals surface area contributed by atoms with Crippen LogP contribution in [0.2, 0.25) is 0 Å². The van der Waals surface area contributed by atoms with Crippen molar-refractivity contribution in [1.82, 2.24) is 9.62 Å². The van der Waals surface area contributed by atoms with E-state index in [0.717, 1.165) is 30.4 Å². The molecule has 128 valence electrons. The van der Waals surface area contributed by atoms with Gasteiger partial charge < -0.3 is 10.1 Å². The fourth-order valence-corrected chi connectivity index (χ4v) is 4.65. The highest BCUT2D eigenvalue weighted by Crippen LogP contribution is 2.30. The maximum absolute atomic E-state index is 13.3. The lowest BCUT2D eigenvalue weighted by Gasteiger charge is -2.28. The van der Waals surface area contributed by atoms with Crippen LogP contribution in [-0.2, 0) is 21.2 Å². The number of hydrogen-bond acceptors (Lipinski definition) is 4. The zero-order valence-electron chi connectivity index (χ0n) is 13.1. The van der Waals surface area contributed by atoms with E-state index in [9.17, 15) is 12.8 Å². The number of nitrogens with zero attached hydrogens (tertiary/aromatic N) is 1. The van der Waals surface area contributed by atoms with Crippen molar-refractivity contribution >= 4 is 10.0 Å². The Labute approximate surface area is 136 Å². The zero-order chi connectivity index (χ0) is 16.3. The van der Waals surface area contributed by atoms with Gasteiger partial charge in [0.15, 0.2) is 0 Å². The molecule has 1 aliphatic heterocycles. The number of fused-ring (bicyclic) bond motifs is 1. The van der Waals surface area contributed by atoms with Gasteiger partial charge in [-0.1, -0.05) is 6.07 Å². The Morgan fingerprint density at radius 1 is 1.30 bits per heavy atom. The standard InChI is InChI=1S/C16H23FN2O3S/c17-14-4-5-15-13(12-14)2-1-3-16(15)18-6-11-23(20,21)19-7-9-22-10-8-19/h4-5,12,16,18H,1-3,6-11H2/t16-/m0/s1. The van der Waals surface area contributed by atoms with Crippen molar-refractivity contribution in [3.8, 4) is 0 Å². The number of sulfonamides is 1. The molecule has 0 aromatic heterocycles. The summed E-state index contributed by atoms with van der Waals surface area (Å²) < 4.78 is 44.6. The van der Waals surface area contributed by atoms with Crippen LogP contribution in [0.3, 0.4) is 0 Å². The molecule has 1 N–H and O–H groups in total. The van der Waals surface area contributed by atoms with Crippen LogP contribution in [-0.4, -0.2) is 51.3 Å². The normalized spacial score (nSPS) is 22.7. The lowest BCUT2D eigenvalue weighted by molar-refractivity contribution is 0.0730. The molecule has 0 bridgehead atoms. The molecule has 0 unspecified atom stereocenters. The fraction of sp³-hybridized carbons (Fsp3) is 0.625. The first kappa shape index (κ1) is 16.8. The molecule has 1 aromatic carbocycles. The molecule has 7 heteroatoms. The summed E-state index contributed by atoms with van der Waals surface area (Å²) in [5.74, 6) is -0.126. The molecule has 1 fully saturated rings. The highest BCUT2D eigenvalue weighted by atomic mass is 32.2. The maximum atomic E-state index is 13.3. The topological polar surface area (TPSA) is 58.6 Å². The summed E-state index contributed by atoms with van der Waals surface area (Å²) in [5.41, 5.74) is 2.13. The van der Waals surface area contributed by atoms with Crippen molar-refractivity contribution in [2.75, 3.05) is 38.6 Å². The summed E-state index contributed by atoms with van der Waals surface area (Å²) in [7, 11) is -3.24. The highest BCUT2D eigenvalue weighted by molar-refractivity contribution is 7.89. The van der Waals surface area contributed by atoms with Crippen LogP contribution in [0.15, 0.2) is 18.2 Å². The average Bonchev–Trinajstić information content (AvgIpc) is 2.55. The van der Waals surface area contributed by atoms with Gasteiger partial charge in [0.25, 0.3) is 0 Å². The Bertz CT molecular complexity index is 645. The van der Waals surface area contributed by atoms with Gasteiger partial charge in [0.2, 0.25) is 10.0 Å². The van der Waals surface area contributed by atoms with Gasteiger partial charge in [-0.2, -0.15) is 4.31 Å². The number of morpholine rings is 1. The Kier molecular flexibility index (Phi) is 5.31. The molecule has 2 aliphatic rings. The van der Waals surface area contributed by atoms with Crippen molar-refractivity contribution in [1.29, 1.82) is 0 Å². The molecule has 1 aromatic rings. The summed E-state index contributed by atoms with van der Waals surface area (Å²) >= 11 is 0. The Hall–Kier alpha value is -1.02. The minimum absolute atomic E-state index is 0.0834.